The smallest absolute Gasteiger partial charge is 0.416 e. The molecule has 0 radical (unpaired) electrons. The Bertz CT molecular complexity index is 1380. The first-order valence-electron chi connectivity index (χ1n) is 13.1. The zero-order valence-corrected chi connectivity index (χ0v) is 24.0. The number of hydrogen-bond donors (Lipinski definition) is 2. The Morgan fingerprint density at radius 1 is 0.950 bits per heavy atom. The number of nitrogens with zero attached hydrogens (tertiary/aromatic N) is 5. The number of rotatable bonds is 6. The lowest BCUT2D eigenvalue weighted by atomic mass is 10.1. The third kappa shape index (κ3) is 6.69. The van der Waals surface area contributed by atoms with E-state index < -0.39 is 17.6 Å². The van der Waals surface area contributed by atoms with Crippen LogP contribution in [0.15, 0.2) is 24.3 Å². The van der Waals surface area contributed by atoms with Crippen LogP contribution in [0.5, 0.6) is 5.75 Å². The fourth-order valence-electron chi connectivity index (χ4n) is 5.04. The van der Waals surface area contributed by atoms with E-state index in [1.807, 2.05) is 7.05 Å². The summed E-state index contributed by atoms with van der Waals surface area (Å²) in [4.78, 5) is 26.4. The Kier molecular flexibility index (Phi) is 8.55. The van der Waals surface area contributed by atoms with Gasteiger partial charge < -0.3 is 14.9 Å². The first-order chi connectivity index (χ1) is 19.0. The molecule has 1 aromatic heterocycles. The number of likely N-dealkylation sites (N-methyl/N-ethyl adjacent to an activating group) is 2. The van der Waals surface area contributed by atoms with E-state index in [0.29, 0.717) is 39.5 Å². The lowest BCUT2D eigenvalue weighted by Crippen LogP contribution is -2.43. The van der Waals surface area contributed by atoms with Gasteiger partial charge in [-0.25, -0.2) is 4.98 Å². The minimum atomic E-state index is -4.51. The zero-order chi connectivity index (χ0) is 28.6. The quantitative estimate of drug-likeness (QED) is 0.436. The molecule has 5 rings (SSSR count). The molecule has 3 heterocycles. The van der Waals surface area contributed by atoms with Crippen molar-refractivity contribution >= 4 is 44.2 Å². The van der Waals surface area contributed by atoms with Crippen LogP contribution >= 0.6 is 22.9 Å². The summed E-state index contributed by atoms with van der Waals surface area (Å²) in [6.07, 6.45) is -4.51. The molecule has 40 heavy (non-hydrogen) atoms. The predicted octanol–water partition coefficient (Wildman–Crippen LogP) is 4.42. The number of phenols is 1. The lowest BCUT2D eigenvalue weighted by Gasteiger charge is -2.32. The monoisotopic (exact) mass is 596 g/mol. The third-order valence-electron chi connectivity index (χ3n) is 7.50. The first kappa shape index (κ1) is 29.0. The summed E-state index contributed by atoms with van der Waals surface area (Å²) in [5.41, 5.74) is 0.677. The van der Waals surface area contributed by atoms with Crippen molar-refractivity contribution in [3.05, 3.63) is 51.5 Å². The zero-order valence-electron chi connectivity index (χ0n) is 22.4. The predicted molar refractivity (Wildman–Crippen MR) is 151 cm³/mol. The average molecular weight is 597 g/mol. The van der Waals surface area contributed by atoms with Gasteiger partial charge in [-0.1, -0.05) is 22.9 Å². The maximum absolute atomic E-state index is 13.7. The molecular formula is C27H32ClF3N6O2S. The van der Waals surface area contributed by atoms with E-state index in [0.717, 1.165) is 75.8 Å². The Hall–Kier alpha value is -2.48. The van der Waals surface area contributed by atoms with Gasteiger partial charge >= 0.3 is 6.18 Å². The van der Waals surface area contributed by atoms with Gasteiger partial charge in [0.2, 0.25) is 0 Å². The van der Waals surface area contributed by atoms with Crippen LogP contribution in [-0.4, -0.2) is 102 Å². The molecule has 2 aromatic carbocycles. The second-order valence-corrected chi connectivity index (χ2v) is 12.0. The number of phenolic OH excluding ortho intramolecular Hbond substituents is 1. The van der Waals surface area contributed by atoms with Crippen molar-refractivity contribution in [3.63, 3.8) is 0 Å². The molecule has 2 N–H and O–H groups in total. The van der Waals surface area contributed by atoms with E-state index in [9.17, 15) is 23.1 Å². The standard InChI is InChI=1S/C27H32ClF3N6O2S/c1-34-3-7-36(8-4-34)15-17-11-19(27(29,30)31)13-22-23(17)32-26(40-22)33-25(39)21-14-20(28)12-18(24(21)38)16-37-9-5-35(2)6-10-37/h11-14,38H,3-10,15-16H2,1-2H3,(H,32,33,39). The summed E-state index contributed by atoms with van der Waals surface area (Å²) in [5, 5.41) is 14.1. The maximum Gasteiger partial charge on any atom is 0.416 e. The molecule has 0 spiro atoms. The highest BCUT2D eigenvalue weighted by atomic mass is 35.5. The van der Waals surface area contributed by atoms with E-state index in [-0.39, 0.29) is 16.4 Å². The molecule has 0 aliphatic carbocycles. The molecule has 0 saturated carbocycles. The van der Waals surface area contributed by atoms with E-state index in [4.69, 9.17) is 11.6 Å². The number of fused-ring (bicyclic) bond motifs is 1. The summed E-state index contributed by atoms with van der Waals surface area (Å²) in [5.74, 6) is -0.799. The number of amides is 1. The summed E-state index contributed by atoms with van der Waals surface area (Å²) < 4.78 is 41.5. The van der Waals surface area contributed by atoms with Crippen molar-refractivity contribution in [2.75, 3.05) is 71.8 Å². The van der Waals surface area contributed by atoms with Crippen molar-refractivity contribution in [2.45, 2.75) is 19.3 Å². The number of benzene rings is 2. The van der Waals surface area contributed by atoms with Crippen molar-refractivity contribution in [1.29, 1.82) is 0 Å². The van der Waals surface area contributed by atoms with Crippen LogP contribution in [0.25, 0.3) is 10.2 Å². The van der Waals surface area contributed by atoms with Gasteiger partial charge in [0.1, 0.15) is 5.75 Å². The first-order valence-corrected chi connectivity index (χ1v) is 14.3. The number of alkyl halides is 3. The van der Waals surface area contributed by atoms with Gasteiger partial charge in [-0.05, 0) is 43.9 Å². The van der Waals surface area contributed by atoms with Gasteiger partial charge in [-0.3, -0.25) is 19.9 Å². The molecule has 8 nitrogen and oxygen atoms in total. The van der Waals surface area contributed by atoms with Gasteiger partial charge in [0.15, 0.2) is 5.13 Å². The molecule has 13 heteroatoms. The average Bonchev–Trinajstić information content (AvgIpc) is 3.31. The van der Waals surface area contributed by atoms with Crippen molar-refractivity contribution in [3.8, 4) is 5.75 Å². The van der Waals surface area contributed by atoms with Crippen molar-refractivity contribution < 1.29 is 23.1 Å². The van der Waals surface area contributed by atoms with Gasteiger partial charge in [0.05, 0.1) is 21.3 Å². The van der Waals surface area contributed by atoms with Crippen LogP contribution in [0.4, 0.5) is 18.3 Å². The number of aromatic hydroxyl groups is 1. The molecule has 2 aliphatic rings. The molecule has 0 bridgehead atoms. The third-order valence-corrected chi connectivity index (χ3v) is 8.64. The fraction of sp³-hybridized carbons (Fsp3) is 0.481. The number of piperazine rings is 2. The summed E-state index contributed by atoms with van der Waals surface area (Å²) in [6.45, 7) is 7.38. The normalized spacial score (nSPS) is 18.4. The molecule has 2 aliphatic heterocycles. The number of carbonyl (C=O) groups excluding carboxylic acids is 1. The molecular weight excluding hydrogens is 565 g/mol. The number of anilines is 1. The number of thiazole rings is 1. The minimum absolute atomic E-state index is 0.00970. The summed E-state index contributed by atoms with van der Waals surface area (Å²) in [6, 6.07) is 5.25. The van der Waals surface area contributed by atoms with Gasteiger partial charge in [0, 0.05) is 76.0 Å². The van der Waals surface area contributed by atoms with E-state index >= 15 is 0 Å². The van der Waals surface area contributed by atoms with Crippen LogP contribution in [0, 0.1) is 0 Å². The van der Waals surface area contributed by atoms with Crippen molar-refractivity contribution in [2.24, 2.45) is 0 Å². The molecule has 0 unspecified atom stereocenters. The highest BCUT2D eigenvalue weighted by Crippen LogP contribution is 2.37. The maximum atomic E-state index is 13.7. The topological polar surface area (TPSA) is 75.2 Å². The van der Waals surface area contributed by atoms with Crippen LogP contribution in [0.2, 0.25) is 5.02 Å². The van der Waals surface area contributed by atoms with Crippen LogP contribution < -0.4 is 5.32 Å². The highest BCUT2D eigenvalue weighted by molar-refractivity contribution is 7.22. The molecule has 2 fully saturated rings. The number of halogens is 4. The summed E-state index contributed by atoms with van der Waals surface area (Å²) >= 11 is 7.28. The van der Waals surface area contributed by atoms with E-state index in [1.54, 1.807) is 6.07 Å². The van der Waals surface area contributed by atoms with Crippen molar-refractivity contribution in [1.82, 2.24) is 24.6 Å². The number of hydrogen-bond acceptors (Lipinski definition) is 8. The molecule has 3 aromatic rings. The Morgan fingerprint density at radius 3 is 2.10 bits per heavy atom. The Labute approximate surface area is 239 Å². The van der Waals surface area contributed by atoms with Gasteiger partial charge in [-0.15, -0.1) is 0 Å². The SMILES string of the molecule is CN1CCN(Cc2cc(Cl)cc(C(=O)Nc3nc4c(CN5CCN(C)CC5)cc(C(F)(F)F)cc4s3)c2O)CC1. The highest BCUT2D eigenvalue weighted by Gasteiger charge is 2.32. The van der Waals surface area contributed by atoms with E-state index in [2.05, 4.69) is 36.9 Å². The van der Waals surface area contributed by atoms with E-state index in [1.165, 1.54) is 6.07 Å². The van der Waals surface area contributed by atoms with Gasteiger partial charge in [-0.2, -0.15) is 13.2 Å². The second-order valence-electron chi connectivity index (χ2n) is 10.6. The largest absolute Gasteiger partial charge is 0.507 e. The molecule has 2 saturated heterocycles. The number of nitrogens with one attached hydrogen (secondary N) is 1. The lowest BCUT2D eigenvalue weighted by molar-refractivity contribution is -0.137. The second kappa shape index (κ2) is 11.8. The fourth-order valence-corrected chi connectivity index (χ4v) is 6.23. The van der Waals surface area contributed by atoms with Crippen LogP contribution in [0.1, 0.15) is 27.0 Å². The van der Waals surface area contributed by atoms with Gasteiger partial charge in [0.25, 0.3) is 5.91 Å². The number of carbonyl (C=O) groups is 1. The molecule has 1 amide bonds. The number of aromatic nitrogens is 1. The minimum Gasteiger partial charge on any atom is -0.507 e. The molecule has 216 valence electrons. The van der Waals surface area contributed by atoms with Crippen LogP contribution in [0.3, 0.4) is 0 Å². The summed E-state index contributed by atoms with van der Waals surface area (Å²) in [7, 11) is 4.07. The van der Waals surface area contributed by atoms with Crippen LogP contribution in [-0.2, 0) is 19.3 Å². The Morgan fingerprint density at radius 2 is 1.52 bits per heavy atom. The molecule has 0 atom stereocenters. The Balaban J connectivity index is 1.40.